The number of phenols is 1. The van der Waals surface area contributed by atoms with Crippen molar-refractivity contribution >= 4 is 50.7 Å². The lowest BCUT2D eigenvalue weighted by Gasteiger charge is -2.26. The lowest BCUT2D eigenvalue weighted by molar-refractivity contribution is 0.122. The molecule has 0 aliphatic carbocycles. The Bertz CT molecular complexity index is 1280. The van der Waals surface area contributed by atoms with Gasteiger partial charge in [0.2, 0.25) is 17.2 Å². The fourth-order valence-corrected chi connectivity index (χ4v) is 3.54. The Hall–Kier alpha value is -3.39. The highest BCUT2D eigenvalue weighted by molar-refractivity contribution is 7.85. The number of rotatable bonds is 6. The standard InChI is InChI=1S/C19H18ClN7O5S/c20-17-22-18(24-19(23-17)27-7-9-32-10-8-27)21-13-3-6-16(28)15(11-13)26-25-12-1-4-14(5-2-12)33(29,30)31/h1-6,11,28H,7-10H2,(H,29,30,31)(H,21,22,23,24). The molecule has 2 heterocycles. The third-order valence-corrected chi connectivity index (χ3v) is 5.57. The lowest BCUT2D eigenvalue weighted by Crippen LogP contribution is -2.37. The van der Waals surface area contributed by atoms with Gasteiger partial charge in [-0.25, -0.2) is 0 Å². The van der Waals surface area contributed by atoms with Crippen molar-refractivity contribution in [2.45, 2.75) is 4.90 Å². The third kappa shape index (κ3) is 5.90. The first kappa shape index (κ1) is 22.8. The van der Waals surface area contributed by atoms with Crippen LogP contribution in [0.4, 0.5) is 29.0 Å². The highest BCUT2D eigenvalue weighted by Gasteiger charge is 2.16. The Morgan fingerprint density at radius 2 is 1.76 bits per heavy atom. The highest BCUT2D eigenvalue weighted by Crippen LogP contribution is 2.32. The van der Waals surface area contributed by atoms with E-state index in [2.05, 4.69) is 30.5 Å². The number of azo groups is 1. The monoisotopic (exact) mass is 491 g/mol. The van der Waals surface area contributed by atoms with Crippen LogP contribution < -0.4 is 10.2 Å². The van der Waals surface area contributed by atoms with Gasteiger partial charge >= 0.3 is 0 Å². The molecule has 3 N–H and O–H groups in total. The number of halogens is 1. The molecule has 0 saturated carbocycles. The molecule has 0 radical (unpaired) electrons. The van der Waals surface area contributed by atoms with E-state index in [1.165, 1.54) is 36.4 Å². The van der Waals surface area contributed by atoms with Crippen LogP contribution in [-0.4, -0.2) is 59.3 Å². The minimum Gasteiger partial charge on any atom is -0.506 e. The zero-order valence-electron chi connectivity index (χ0n) is 17.0. The molecule has 0 atom stereocenters. The molecule has 33 heavy (non-hydrogen) atoms. The third-order valence-electron chi connectivity index (χ3n) is 4.53. The molecule has 14 heteroatoms. The Balaban J connectivity index is 1.53. The largest absolute Gasteiger partial charge is 0.506 e. The second-order valence-corrected chi connectivity index (χ2v) is 8.58. The van der Waals surface area contributed by atoms with Crippen molar-refractivity contribution in [2.24, 2.45) is 10.2 Å². The van der Waals surface area contributed by atoms with Crippen LogP contribution in [0.1, 0.15) is 0 Å². The number of anilines is 3. The topological polar surface area (TPSA) is 162 Å². The predicted octanol–water partition coefficient (Wildman–Crippen LogP) is 3.47. The molecule has 0 amide bonds. The number of nitrogens with zero attached hydrogens (tertiary/aromatic N) is 6. The SMILES string of the molecule is O=S(=O)(O)c1ccc(N=Nc2cc(Nc3nc(Cl)nc(N4CCOCC4)n3)ccc2O)cc1. The van der Waals surface area contributed by atoms with E-state index in [0.717, 1.165) is 0 Å². The van der Waals surface area contributed by atoms with Crippen molar-refractivity contribution in [1.82, 2.24) is 15.0 Å². The van der Waals surface area contributed by atoms with Gasteiger partial charge < -0.3 is 20.1 Å². The van der Waals surface area contributed by atoms with E-state index in [1.807, 2.05) is 4.90 Å². The van der Waals surface area contributed by atoms with Crippen molar-refractivity contribution < 1.29 is 22.8 Å². The Morgan fingerprint density at radius 1 is 1.03 bits per heavy atom. The van der Waals surface area contributed by atoms with Crippen molar-refractivity contribution in [3.63, 3.8) is 0 Å². The molecule has 1 aliphatic rings. The Kier molecular flexibility index (Phi) is 6.65. The summed E-state index contributed by atoms with van der Waals surface area (Å²) in [5.74, 6) is 0.514. The van der Waals surface area contributed by atoms with E-state index in [4.69, 9.17) is 20.9 Å². The second-order valence-electron chi connectivity index (χ2n) is 6.82. The summed E-state index contributed by atoms with van der Waals surface area (Å²) in [7, 11) is -4.30. The van der Waals surface area contributed by atoms with Crippen molar-refractivity contribution in [2.75, 3.05) is 36.5 Å². The quantitative estimate of drug-likeness (QED) is 0.264. The Morgan fingerprint density at radius 3 is 2.45 bits per heavy atom. The van der Waals surface area contributed by atoms with E-state index in [9.17, 15) is 13.5 Å². The second kappa shape index (κ2) is 9.62. The zero-order valence-corrected chi connectivity index (χ0v) is 18.5. The van der Waals surface area contributed by atoms with Crippen molar-refractivity contribution in [1.29, 1.82) is 0 Å². The summed E-state index contributed by atoms with van der Waals surface area (Å²) in [4.78, 5) is 14.3. The number of benzene rings is 2. The van der Waals surface area contributed by atoms with E-state index in [1.54, 1.807) is 6.07 Å². The fourth-order valence-electron chi connectivity index (χ4n) is 2.91. The molecule has 0 spiro atoms. The van der Waals surface area contributed by atoms with Crippen molar-refractivity contribution in [3.8, 4) is 5.75 Å². The van der Waals surface area contributed by atoms with Gasteiger partial charge in [0.05, 0.1) is 23.8 Å². The predicted molar refractivity (Wildman–Crippen MR) is 120 cm³/mol. The molecule has 172 valence electrons. The summed E-state index contributed by atoms with van der Waals surface area (Å²) >= 11 is 6.06. The first-order valence-corrected chi connectivity index (χ1v) is 11.4. The number of hydrogen-bond acceptors (Lipinski definition) is 11. The molecule has 1 aromatic heterocycles. The molecular formula is C19H18ClN7O5S. The average Bonchev–Trinajstić information content (AvgIpc) is 2.79. The maximum Gasteiger partial charge on any atom is 0.294 e. The normalized spacial score (nSPS) is 14.5. The minimum absolute atomic E-state index is 0.0287. The van der Waals surface area contributed by atoms with E-state index in [-0.39, 0.29) is 27.6 Å². The molecule has 4 rings (SSSR count). The molecule has 1 aliphatic heterocycles. The van der Waals surface area contributed by atoms with Crippen LogP contribution in [0.25, 0.3) is 0 Å². The maximum absolute atomic E-state index is 11.1. The number of aromatic nitrogens is 3. The summed E-state index contributed by atoms with van der Waals surface area (Å²) in [6, 6.07) is 9.66. The first-order chi connectivity index (χ1) is 15.8. The van der Waals surface area contributed by atoms with E-state index < -0.39 is 10.1 Å². The average molecular weight is 492 g/mol. The summed E-state index contributed by atoms with van der Waals surface area (Å²) < 4.78 is 36.6. The van der Waals surface area contributed by atoms with Gasteiger partial charge in [0.25, 0.3) is 10.1 Å². The molecular weight excluding hydrogens is 474 g/mol. The smallest absolute Gasteiger partial charge is 0.294 e. The summed E-state index contributed by atoms with van der Waals surface area (Å²) in [5.41, 5.74) is 0.977. The van der Waals surface area contributed by atoms with Gasteiger partial charge in [0, 0.05) is 18.8 Å². The van der Waals surface area contributed by atoms with Crippen molar-refractivity contribution in [3.05, 3.63) is 47.7 Å². The van der Waals surface area contributed by atoms with Gasteiger partial charge in [-0.05, 0) is 54.1 Å². The van der Waals surface area contributed by atoms with Gasteiger partial charge in [0.1, 0.15) is 11.4 Å². The zero-order chi connectivity index (χ0) is 23.4. The highest BCUT2D eigenvalue weighted by atomic mass is 35.5. The maximum atomic E-state index is 11.1. The van der Waals surface area contributed by atoms with Crippen LogP contribution in [0.2, 0.25) is 5.28 Å². The van der Waals surface area contributed by atoms with Gasteiger partial charge in [-0.2, -0.15) is 28.5 Å². The summed E-state index contributed by atoms with van der Waals surface area (Å²) in [6.45, 7) is 2.40. The first-order valence-electron chi connectivity index (χ1n) is 9.61. The van der Waals surface area contributed by atoms with Gasteiger partial charge in [-0.3, -0.25) is 4.55 Å². The van der Waals surface area contributed by atoms with Crippen LogP contribution in [-0.2, 0) is 14.9 Å². The van der Waals surface area contributed by atoms with Gasteiger partial charge in [-0.15, -0.1) is 5.11 Å². The van der Waals surface area contributed by atoms with Gasteiger partial charge in [0.15, 0.2) is 0 Å². The number of aromatic hydroxyl groups is 1. The number of nitrogens with one attached hydrogen (secondary N) is 1. The molecule has 12 nitrogen and oxygen atoms in total. The molecule has 0 unspecified atom stereocenters. The molecule has 1 fully saturated rings. The van der Waals surface area contributed by atoms with Crippen LogP contribution in [0, 0.1) is 0 Å². The molecule has 0 bridgehead atoms. The minimum atomic E-state index is -4.30. The van der Waals surface area contributed by atoms with E-state index >= 15 is 0 Å². The van der Waals surface area contributed by atoms with E-state index in [0.29, 0.717) is 43.6 Å². The summed E-state index contributed by atoms with van der Waals surface area (Å²) in [6.07, 6.45) is 0. The molecule has 1 saturated heterocycles. The number of morpholine rings is 1. The fraction of sp³-hybridized carbons (Fsp3) is 0.211. The van der Waals surface area contributed by atoms with Crippen LogP contribution in [0.3, 0.4) is 0 Å². The van der Waals surface area contributed by atoms with Gasteiger partial charge in [-0.1, -0.05) is 0 Å². The number of phenolic OH excluding ortho intramolecular Hbond substituents is 1. The molecule has 3 aromatic rings. The van der Waals surface area contributed by atoms with Crippen LogP contribution in [0.5, 0.6) is 5.75 Å². The number of hydrogen-bond donors (Lipinski definition) is 3. The molecule has 2 aromatic carbocycles. The van der Waals surface area contributed by atoms with Crippen LogP contribution >= 0.6 is 11.6 Å². The summed E-state index contributed by atoms with van der Waals surface area (Å²) in [5, 5.41) is 21.1. The number of ether oxygens (including phenoxy) is 1. The lowest BCUT2D eigenvalue weighted by atomic mass is 10.2. The van der Waals surface area contributed by atoms with Crippen LogP contribution in [0.15, 0.2) is 57.6 Å². The Labute approximate surface area is 193 Å².